The van der Waals surface area contributed by atoms with Gasteiger partial charge in [0.2, 0.25) is 0 Å². The highest BCUT2D eigenvalue weighted by Crippen LogP contribution is 2.34. The van der Waals surface area contributed by atoms with Gasteiger partial charge in [0.05, 0.1) is 18.4 Å². The first-order valence-corrected chi connectivity index (χ1v) is 7.42. The Hall–Kier alpha value is -1.86. The molecule has 2 N–H and O–H groups in total. The zero-order valence-electron chi connectivity index (χ0n) is 10.9. The van der Waals surface area contributed by atoms with Crippen molar-refractivity contribution in [3.8, 4) is 0 Å². The Morgan fingerprint density at radius 2 is 2.25 bits per heavy atom. The van der Waals surface area contributed by atoms with E-state index in [1.54, 1.807) is 27.5 Å². The maximum atomic E-state index is 12.5. The van der Waals surface area contributed by atoms with Gasteiger partial charge in [-0.05, 0) is 12.1 Å². The van der Waals surface area contributed by atoms with E-state index in [0.717, 1.165) is 16.3 Å². The predicted octanol–water partition coefficient (Wildman–Crippen LogP) is 0.989. The quantitative estimate of drug-likeness (QED) is 0.911. The molecule has 3 rings (SSSR count). The number of carbonyl (C=O) groups is 1. The fraction of sp³-hybridized carbons (Fsp3) is 0.308. The van der Waals surface area contributed by atoms with Crippen molar-refractivity contribution in [1.29, 1.82) is 0 Å². The monoisotopic (exact) mass is 289 g/mol. The Balaban J connectivity index is 1.87. The molecule has 0 spiro atoms. The van der Waals surface area contributed by atoms with Gasteiger partial charge in [-0.2, -0.15) is 0 Å². The molecule has 1 aliphatic rings. The molecule has 0 bridgehead atoms. The number of benzene rings is 1. The van der Waals surface area contributed by atoms with Crippen molar-refractivity contribution in [1.82, 2.24) is 15.0 Å². The molecule has 1 aromatic carbocycles. The lowest BCUT2D eigenvalue weighted by molar-refractivity contribution is 0.0983. The van der Waals surface area contributed by atoms with Gasteiger partial charge in [0.15, 0.2) is 5.69 Å². The Labute approximate surface area is 120 Å². The smallest absolute Gasteiger partial charge is 0.280 e. The first kappa shape index (κ1) is 13.1. The highest BCUT2D eigenvalue weighted by molar-refractivity contribution is 7.99. The van der Waals surface area contributed by atoms with Gasteiger partial charge in [-0.25, -0.2) is 0 Å². The summed E-state index contributed by atoms with van der Waals surface area (Å²) < 4.78 is 1.60. The SMILES string of the molecule is NCCn1cc(C(=O)N2CCSc3ccccc32)nn1. The minimum atomic E-state index is -0.110. The zero-order valence-corrected chi connectivity index (χ0v) is 11.7. The molecule has 1 aromatic heterocycles. The van der Waals surface area contributed by atoms with E-state index in [2.05, 4.69) is 10.3 Å². The number of nitrogens with two attached hydrogens (primary N) is 1. The molecular weight excluding hydrogens is 274 g/mol. The van der Waals surface area contributed by atoms with Crippen LogP contribution in [-0.4, -0.2) is 39.7 Å². The van der Waals surface area contributed by atoms with Crippen LogP contribution in [0.1, 0.15) is 10.5 Å². The van der Waals surface area contributed by atoms with Gasteiger partial charge in [0.1, 0.15) is 0 Å². The van der Waals surface area contributed by atoms with Crippen molar-refractivity contribution in [3.63, 3.8) is 0 Å². The summed E-state index contributed by atoms with van der Waals surface area (Å²) in [5.41, 5.74) is 6.77. The summed E-state index contributed by atoms with van der Waals surface area (Å²) in [5.74, 6) is 0.778. The van der Waals surface area contributed by atoms with Crippen molar-refractivity contribution in [3.05, 3.63) is 36.2 Å². The first-order valence-electron chi connectivity index (χ1n) is 6.43. The van der Waals surface area contributed by atoms with Crippen LogP contribution >= 0.6 is 11.8 Å². The standard InChI is InChI=1S/C13H15N5OS/c14-5-6-17-9-10(15-16-17)13(19)18-7-8-20-12-4-2-1-3-11(12)18/h1-4,9H,5-8,14H2. The molecule has 0 radical (unpaired) electrons. The fourth-order valence-electron chi connectivity index (χ4n) is 2.16. The van der Waals surface area contributed by atoms with Crippen LogP contribution < -0.4 is 10.6 Å². The van der Waals surface area contributed by atoms with Crippen LogP contribution in [0.4, 0.5) is 5.69 Å². The number of fused-ring (bicyclic) bond motifs is 1. The number of rotatable bonds is 3. The van der Waals surface area contributed by atoms with Gasteiger partial charge in [-0.15, -0.1) is 16.9 Å². The second-order valence-electron chi connectivity index (χ2n) is 4.43. The molecule has 0 aliphatic carbocycles. The molecule has 0 unspecified atom stereocenters. The van der Waals surface area contributed by atoms with Crippen LogP contribution in [-0.2, 0) is 6.54 Å². The molecule has 0 atom stereocenters. The molecule has 7 heteroatoms. The van der Waals surface area contributed by atoms with Crippen LogP contribution in [0, 0.1) is 0 Å². The summed E-state index contributed by atoms with van der Waals surface area (Å²) in [4.78, 5) is 15.4. The van der Waals surface area contributed by atoms with E-state index < -0.39 is 0 Å². The van der Waals surface area contributed by atoms with Gasteiger partial charge >= 0.3 is 0 Å². The number of para-hydroxylation sites is 1. The summed E-state index contributed by atoms with van der Waals surface area (Å²) in [6, 6.07) is 7.92. The Morgan fingerprint density at radius 1 is 1.40 bits per heavy atom. The fourth-order valence-corrected chi connectivity index (χ4v) is 3.15. The van der Waals surface area contributed by atoms with Crippen molar-refractivity contribution < 1.29 is 4.79 Å². The van der Waals surface area contributed by atoms with E-state index in [1.165, 1.54) is 0 Å². The number of nitrogens with zero attached hydrogens (tertiary/aromatic N) is 4. The molecule has 1 amide bonds. The highest BCUT2D eigenvalue weighted by Gasteiger charge is 2.25. The predicted molar refractivity (Wildman–Crippen MR) is 77.9 cm³/mol. The number of carbonyl (C=O) groups excluding carboxylic acids is 1. The minimum absolute atomic E-state index is 0.110. The molecule has 20 heavy (non-hydrogen) atoms. The maximum Gasteiger partial charge on any atom is 0.280 e. The van der Waals surface area contributed by atoms with Gasteiger partial charge in [0.25, 0.3) is 5.91 Å². The molecule has 2 heterocycles. The average Bonchev–Trinajstić information content (AvgIpc) is 2.95. The van der Waals surface area contributed by atoms with E-state index >= 15 is 0 Å². The summed E-state index contributed by atoms with van der Waals surface area (Å²) in [5, 5.41) is 7.85. The third-order valence-electron chi connectivity index (χ3n) is 3.09. The van der Waals surface area contributed by atoms with Crippen molar-refractivity contribution in [2.45, 2.75) is 11.4 Å². The third-order valence-corrected chi connectivity index (χ3v) is 4.13. The number of hydrogen-bond donors (Lipinski definition) is 1. The van der Waals surface area contributed by atoms with Crippen LogP contribution in [0.25, 0.3) is 0 Å². The summed E-state index contributed by atoms with van der Waals surface area (Å²) in [7, 11) is 0. The summed E-state index contributed by atoms with van der Waals surface area (Å²) in [6.07, 6.45) is 1.65. The summed E-state index contributed by atoms with van der Waals surface area (Å²) in [6.45, 7) is 1.72. The molecule has 0 fully saturated rings. The molecule has 0 saturated heterocycles. The van der Waals surface area contributed by atoms with Gasteiger partial charge in [-0.3, -0.25) is 9.48 Å². The normalized spacial score (nSPS) is 14.2. The lowest BCUT2D eigenvalue weighted by Gasteiger charge is -2.28. The second-order valence-corrected chi connectivity index (χ2v) is 5.57. The van der Waals surface area contributed by atoms with Gasteiger partial charge in [-0.1, -0.05) is 17.3 Å². The van der Waals surface area contributed by atoms with Crippen LogP contribution in [0.3, 0.4) is 0 Å². The molecular formula is C13H15N5OS. The minimum Gasteiger partial charge on any atom is -0.329 e. The topological polar surface area (TPSA) is 77.0 Å². The lowest BCUT2D eigenvalue weighted by atomic mass is 10.2. The van der Waals surface area contributed by atoms with Crippen LogP contribution in [0.15, 0.2) is 35.4 Å². The first-order chi connectivity index (χ1) is 9.79. The van der Waals surface area contributed by atoms with Crippen LogP contribution in [0.2, 0.25) is 0 Å². The number of amides is 1. The van der Waals surface area contributed by atoms with Crippen molar-refractivity contribution >= 4 is 23.4 Å². The zero-order chi connectivity index (χ0) is 13.9. The Kier molecular flexibility index (Phi) is 3.70. The number of anilines is 1. The second kappa shape index (κ2) is 5.64. The third kappa shape index (κ3) is 2.41. The van der Waals surface area contributed by atoms with Crippen LogP contribution in [0.5, 0.6) is 0 Å². The molecule has 2 aromatic rings. The average molecular weight is 289 g/mol. The molecule has 104 valence electrons. The van der Waals surface area contributed by atoms with Gasteiger partial charge < -0.3 is 10.6 Å². The van der Waals surface area contributed by atoms with E-state index in [4.69, 9.17) is 5.73 Å². The number of hydrogen-bond acceptors (Lipinski definition) is 5. The van der Waals surface area contributed by atoms with Crippen molar-refractivity contribution in [2.24, 2.45) is 5.73 Å². The van der Waals surface area contributed by atoms with E-state index in [9.17, 15) is 4.79 Å². The molecule has 0 saturated carbocycles. The maximum absolute atomic E-state index is 12.5. The Bertz CT molecular complexity index is 627. The number of thioether (sulfide) groups is 1. The lowest BCUT2D eigenvalue weighted by Crippen LogP contribution is -2.35. The summed E-state index contributed by atoms with van der Waals surface area (Å²) >= 11 is 1.77. The van der Waals surface area contributed by atoms with Gasteiger partial charge in [0, 0.05) is 23.7 Å². The number of aromatic nitrogens is 3. The largest absolute Gasteiger partial charge is 0.329 e. The van der Waals surface area contributed by atoms with E-state index in [-0.39, 0.29) is 5.91 Å². The highest BCUT2D eigenvalue weighted by atomic mass is 32.2. The molecule has 1 aliphatic heterocycles. The van der Waals surface area contributed by atoms with Crippen molar-refractivity contribution in [2.75, 3.05) is 23.7 Å². The van der Waals surface area contributed by atoms with E-state index in [1.807, 2.05) is 24.3 Å². The molecule has 6 nitrogen and oxygen atoms in total. The Morgan fingerprint density at radius 3 is 3.10 bits per heavy atom. The van der Waals surface area contributed by atoms with E-state index in [0.29, 0.717) is 25.3 Å².